The summed E-state index contributed by atoms with van der Waals surface area (Å²) >= 11 is 1.52. The molecule has 0 bridgehead atoms. The standard InChI is InChI=1S/C31H33N5O3S/c1-20-10-12-24(13-11-20)19-40-29-26(18-32-36(31(29)39)25-8-6-5-7-9-25)34-14-16-35(17-15-34)30(38)28-21(2)27(23(4)37)22(3)33-28/h5-13,18,33H,14-17,19H2,1-4H3. The monoisotopic (exact) mass is 555 g/mol. The molecule has 4 aromatic rings. The SMILES string of the molecule is CC(=O)c1c(C)[nH]c(C(=O)N2CCN(c3cnn(-c4ccccc4)c(=O)c3SCc3ccc(C)cc3)CC2)c1C. The summed E-state index contributed by atoms with van der Waals surface area (Å²) in [5.41, 5.74) is 6.14. The van der Waals surface area contributed by atoms with Crippen molar-refractivity contribution in [2.75, 3.05) is 31.1 Å². The highest BCUT2D eigenvalue weighted by molar-refractivity contribution is 7.98. The first kappa shape index (κ1) is 27.5. The van der Waals surface area contributed by atoms with Crippen molar-refractivity contribution in [1.82, 2.24) is 19.7 Å². The number of aromatic nitrogens is 3. The van der Waals surface area contributed by atoms with Gasteiger partial charge in [0.1, 0.15) is 10.6 Å². The van der Waals surface area contributed by atoms with E-state index in [2.05, 4.69) is 46.2 Å². The summed E-state index contributed by atoms with van der Waals surface area (Å²) in [7, 11) is 0. The summed E-state index contributed by atoms with van der Waals surface area (Å²) < 4.78 is 1.45. The van der Waals surface area contributed by atoms with E-state index in [-0.39, 0.29) is 17.2 Å². The molecular formula is C31H33N5O3S. The summed E-state index contributed by atoms with van der Waals surface area (Å²) in [4.78, 5) is 46.9. The number of H-pyrrole nitrogens is 1. The Bertz CT molecular complexity index is 1600. The van der Waals surface area contributed by atoms with E-state index in [0.717, 1.165) is 11.3 Å². The van der Waals surface area contributed by atoms with Crippen LogP contribution in [-0.2, 0) is 5.75 Å². The van der Waals surface area contributed by atoms with Gasteiger partial charge in [-0.3, -0.25) is 14.4 Å². The van der Waals surface area contributed by atoms with Crippen LogP contribution in [0, 0.1) is 20.8 Å². The van der Waals surface area contributed by atoms with Crippen molar-refractivity contribution in [3.05, 3.63) is 105 Å². The Balaban J connectivity index is 1.39. The third kappa shape index (κ3) is 5.47. The van der Waals surface area contributed by atoms with Gasteiger partial charge < -0.3 is 14.8 Å². The molecule has 0 spiro atoms. The lowest BCUT2D eigenvalue weighted by Crippen LogP contribution is -2.49. The average molecular weight is 556 g/mol. The van der Waals surface area contributed by atoms with Crippen molar-refractivity contribution in [1.29, 1.82) is 0 Å². The minimum atomic E-state index is -0.159. The van der Waals surface area contributed by atoms with Crippen LogP contribution in [0.5, 0.6) is 0 Å². The highest BCUT2D eigenvalue weighted by Crippen LogP contribution is 2.31. The molecule has 0 atom stereocenters. The second kappa shape index (κ2) is 11.6. The van der Waals surface area contributed by atoms with E-state index in [9.17, 15) is 14.4 Å². The number of para-hydroxylation sites is 1. The van der Waals surface area contributed by atoms with Crippen molar-refractivity contribution in [2.45, 2.75) is 38.3 Å². The molecule has 3 heterocycles. The molecule has 1 N–H and O–H groups in total. The summed E-state index contributed by atoms with van der Waals surface area (Å²) in [5.74, 6) is 0.492. The number of hydrogen-bond acceptors (Lipinski definition) is 6. The highest BCUT2D eigenvalue weighted by Gasteiger charge is 2.28. The maximum Gasteiger partial charge on any atom is 0.287 e. The number of piperazine rings is 1. The smallest absolute Gasteiger partial charge is 0.287 e. The third-order valence-electron chi connectivity index (χ3n) is 7.33. The molecule has 0 saturated carbocycles. The first-order chi connectivity index (χ1) is 19.2. The predicted molar refractivity (Wildman–Crippen MR) is 159 cm³/mol. The van der Waals surface area contributed by atoms with E-state index < -0.39 is 0 Å². The number of thioether (sulfide) groups is 1. The van der Waals surface area contributed by atoms with Gasteiger partial charge in [-0.05, 0) is 51.0 Å². The number of aromatic amines is 1. The first-order valence-electron chi connectivity index (χ1n) is 13.3. The van der Waals surface area contributed by atoms with Crippen molar-refractivity contribution in [3.63, 3.8) is 0 Å². The maximum absolute atomic E-state index is 13.7. The fourth-order valence-electron chi connectivity index (χ4n) is 5.18. The largest absolute Gasteiger partial charge is 0.366 e. The maximum atomic E-state index is 13.7. The number of carbonyl (C=O) groups excluding carboxylic acids is 2. The molecule has 2 aromatic heterocycles. The van der Waals surface area contributed by atoms with Gasteiger partial charge in [0.25, 0.3) is 11.5 Å². The number of anilines is 1. The van der Waals surface area contributed by atoms with Crippen LogP contribution in [0.1, 0.15) is 50.2 Å². The Labute approximate surface area is 238 Å². The fraction of sp³-hybridized carbons (Fsp3) is 0.290. The lowest BCUT2D eigenvalue weighted by atomic mass is 10.1. The van der Waals surface area contributed by atoms with E-state index >= 15 is 0 Å². The van der Waals surface area contributed by atoms with E-state index in [4.69, 9.17) is 0 Å². The number of aryl methyl sites for hydroxylation is 2. The van der Waals surface area contributed by atoms with Crippen LogP contribution >= 0.6 is 11.8 Å². The lowest BCUT2D eigenvalue weighted by Gasteiger charge is -2.36. The second-order valence-corrected chi connectivity index (χ2v) is 11.1. The van der Waals surface area contributed by atoms with Gasteiger partial charge in [-0.15, -0.1) is 11.8 Å². The number of hydrogen-bond donors (Lipinski definition) is 1. The summed E-state index contributed by atoms with van der Waals surface area (Å²) in [6.45, 7) is 9.33. The molecule has 0 aliphatic carbocycles. The molecule has 2 aromatic carbocycles. The Morgan fingerprint density at radius 1 is 0.950 bits per heavy atom. The quantitative estimate of drug-likeness (QED) is 0.257. The number of nitrogens with one attached hydrogen (secondary N) is 1. The number of Topliss-reactive ketones (excluding diaryl/α,β-unsaturated/α-hetero) is 1. The number of rotatable bonds is 7. The highest BCUT2D eigenvalue weighted by atomic mass is 32.2. The van der Waals surface area contributed by atoms with Crippen LogP contribution in [0.3, 0.4) is 0 Å². The Kier molecular flexibility index (Phi) is 7.93. The number of ketones is 1. The molecular weight excluding hydrogens is 522 g/mol. The van der Waals surface area contributed by atoms with Gasteiger partial charge in [-0.1, -0.05) is 48.0 Å². The number of carbonyl (C=O) groups is 2. The van der Waals surface area contributed by atoms with Gasteiger partial charge in [-0.25, -0.2) is 0 Å². The van der Waals surface area contributed by atoms with Gasteiger partial charge in [-0.2, -0.15) is 9.78 Å². The van der Waals surface area contributed by atoms with E-state index in [1.807, 2.05) is 44.2 Å². The lowest BCUT2D eigenvalue weighted by molar-refractivity contribution is 0.0740. The number of amides is 1. The molecule has 9 heteroatoms. The van der Waals surface area contributed by atoms with E-state index in [1.54, 1.807) is 11.1 Å². The normalized spacial score (nSPS) is 13.5. The van der Waals surface area contributed by atoms with Crippen molar-refractivity contribution < 1.29 is 9.59 Å². The van der Waals surface area contributed by atoms with Gasteiger partial charge in [0.05, 0.1) is 17.6 Å². The molecule has 5 rings (SSSR count). The zero-order valence-corrected chi connectivity index (χ0v) is 24.0. The van der Waals surface area contributed by atoms with Crippen LogP contribution in [0.2, 0.25) is 0 Å². The molecule has 1 fully saturated rings. The zero-order chi connectivity index (χ0) is 28.4. The van der Waals surface area contributed by atoms with Gasteiger partial charge in [0.15, 0.2) is 5.78 Å². The topological polar surface area (TPSA) is 91.3 Å². The summed E-state index contributed by atoms with van der Waals surface area (Å²) in [6.07, 6.45) is 1.76. The molecule has 0 radical (unpaired) electrons. The minimum absolute atomic E-state index is 0.0523. The second-order valence-electron chi connectivity index (χ2n) is 10.1. The zero-order valence-electron chi connectivity index (χ0n) is 23.2. The minimum Gasteiger partial charge on any atom is -0.366 e. The fourth-order valence-corrected chi connectivity index (χ4v) is 6.23. The summed E-state index contributed by atoms with van der Waals surface area (Å²) in [5, 5.41) is 4.52. The number of benzene rings is 2. The Morgan fingerprint density at radius 2 is 1.62 bits per heavy atom. The van der Waals surface area contributed by atoms with Crippen LogP contribution < -0.4 is 10.5 Å². The Morgan fingerprint density at radius 3 is 2.25 bits per heavy atom. The van der Waals surface area contributed by atoms with Gasteiger partial charge in [0.2, 0.25) is 0 Å². The molecule has 40 heavy (non-hydrogen) atoms. The van der Waals surface area contributed by atoms with Gasteiger partial charge >= 0.3 is 0 Å². The average Bonchev–Trinajstić information content (AvgIpc) is 3.27. The van der Waals surface area contributed by atoms with E-state index in [0.29, 0.717) is 65.0 Å². The molecule has 1 aliphatic rings. The van der Waals surface area contributed by atoms with Crippen LogP contribution in [-0.4, -0.2) is 57.5 Å². The van der Waals surface area contributed by atoms with Gasteiger partial charge in [0, 0.05) is 43.2 Å². The van der Waals surface area contributed by atoms with Crippen LogP contribution in [0.25, 0.3) is 5.69 Å². The molecule has 1 aliphatic heterocycles. The van der Waals surface area contributed by atoms with Crippen molar-refractivity contribution in [2.24, 2.45) is 0 Å². The van der Waals surface area contributed by atoms with Crippen molar-refractivity contribution >= 4 is 29.1 Å². The van der Waals surface area contributed by atoms with Crippen LogP contribution in [0.15, 0.2) is 70.5 Å². The van der Waals surface area contributed by atoms with E-state index in [1.165, 1.54) is 28.9 Å². The predicted octanol–water partition coefficient (Wildman–Crippen LogP) is 4.94. The summed E-state index contributed by atoms with van der Waals surface area (Å²) in [6, 6.07) is 17.8. The first-order valence-corrected chi connectivity index (χ1v) is 14.3. The Hall–Kier alpha value is -4.11. The van der Waals surface area contributed by atoms with Crippen molar-refractivity contribution in [3.8, 4) is 5.69 Å². The molecule has 0 unspecified atom stereocenters. The molecule has 206 valence electrons. The number of nitrogens with zero attached hydrogens (tertiary/aromatic N) is 4. The molecule has 1 saturated heterocycles. The van der Waals surface area contributed by atoms with Crippen LogP contribution in [0.4, 0.5) is 5.69 Å². The molecule has 1 amide bonds. The molecule has 8 nitrogen and oxygen atoms in total. The third-order valence-corrected chi connectivity index (χ3v) is 8.48.